The number of nitrogens with zero attached hydrogens (tertiary/aromatic N) is 2. The maximum absolute atomic E-state index is 12.4. The molecule has 2 aromatic carbocycles. The summed E-state index contributed by atoms with van der Waals surface area (Å²) in [5, 5.41) is 19.4. The van der Waals surface area contributed by atoms with Gasteiger partial charge in [-0.05, 0) is 24.5 Å². The van der Waals surface area contributed by atoms with Crippen molar-refractivity contribution in [3.63, 3.8) is 0 Å². The molecule has 0 aliphatic rings. The fourth-order valence-electron chi connectivity index (χ4n) is 2.71. The van der Waals surface area contributed by atoms with Gasteiger partial charge in [-0.2, -0.15) is 0 Å². The van der Waals surface area contributed by atoms with Crippen molar-refractivity contribution in [1.29, 1.82) is 0 Å². The van der Waals surface area contributed by atoms with Crippen LogP contribution in [0, 0.1) is 17.0 Å². The summed E-state index contributed by atoms with van der Waals surface area (Å²) in [6, 6.07) is 15.4. The average molecular weight is 396 g/mol. The molecular formula is C20H20N4O3S. The topological polar surface area (TPSA) is 97.2 Å². The summed E-state index contributed by atoms with van der Waals surface area (Å²) >= 11 is 1.48. The number of non-ortho nitro benzene ring substituents is 1. The van der Waals surface area contributed by atoms with E-state index in [-0.39, 0.29) is 17.8 Å². The van der Waals surface area contributed by atoms with Crippen LogP contribution in [0.15, 0.2) is 60.0 Å². The third-order valence-corrected chi connectivity index (χ3v) is 5.20. The Labute approximate surface area is 166 Å². The van der Waals surface area contributed by atoms with Crippen LogP contribution in [0.5, 0.6) is 0 Å². The molecule has 0 aliphatic heterocycles. The van der Waals surface area contributed by atoms with Crippen LogP contribution in [0.1, 0.15) is 27.9 Å². The second-order valence-electron chi connectivity index (χ2n) is 6.32. The molecule has 0 saturated carbocycles. The van der Waals surface area contributed by atoms with Gasteiger partial charge in [-0.3, -0.25) is 10.1 Å². The van der Waals surface area contributed by atoms with Gasteiger partial charge in [-0.1, -0.05) is 42.5 Å². The van der Waals surface area contributed by atoms with Gasteiger partial charge in [0.2, 0.25) is 0 Å². The summed E-state index contributed by atoms with van der Waals surface area (Å²) in [6.07, 6.45) is 0.490. The van der Waals surface area contributed by atoms with Crippen LogP contribution in [0.25, 0.3) is 0 Å². The van der Waals surface area contributed by atoms with Crippen LogP contribution in [-0.2, 0) is 13.0 Å². The van der Waals surface area contributed by atoms with E-state index in [2.05, 4.69) is 15.6 Å². The molecule has 0 aliphatic carbocycles. The van der Waals surface area contributed by atoms with E-state index in [1.807, 2.05) is 42.6 Å². The van der Waals surface area contributed by atoms with Gasteiger partial charge in [-0.25, -0.2) is 9.78 Å². The Hall–Kier alpha value is -3.26. The Bertz CT molecular complexity index is 942. The van der Waals surface area contributed by atoms with Crippen molar-refractivity contribution in [3.05, 3.63) is 91.9 Å². The van der Waals surface area contributed by atoms with Crippen LogP contribution in [0.4, 0.5) is 10.5 Å². The lowest BCUT2D eigenvalue weighted by atomic mass is 10.1. The summed E-state index contributed by atoms with van der Waals surface area (Å²) in [5.41, 5.74) is 2.82. The number of carbonyl (C=O) groups excluding carboxylic acids is 1. The Morgan fingerprint density at radius 1 is 1.14 bits per heavy atom. The highest BCUT2D eigenvalue weighted by Gasteiger charge is 2.19. The van der Waals surface area contributed by atoms with Crippen molar-refractivity contribution >= 4 is 23.1 Å². The van der Waals surface area contributed by atoms with Gasteiger partial charge in [-0.15, -0.1) is 11.3 Å². The molecule has 2 N–H and O–H groups in total. The first-order valence-corrected chi connectivity index (χ1v) is 9.63. The summed E-state index contributed by atoms with van der Waals surface area (Å²) < 4.78 is 0. The number of aryl methyl sites for hydroxylation is 1. The van der Waals surface area contributed by atoms with Gasteiger partial charge in [0.05, 0.1) is 11.0 Å². The Morgan fingerprint density at radius 3 is 2.46 bits per heavy atom. The minimum Gasteiger partial charge on any atom is -0.334 e. The van der Waals surface area contributed by atoms with Gasteiger partial charge in [0.1, 0.15) is 5.01 Å². The van der Waals surface area contributed by atoms with Gasteiger partial charge in [0.25, 0.3) is 5.69 Å². The number of thiazole rings is 1. The number of nitro benzene ring substituents is 1. The van der Waals surface area contributed by atoms with Crippen LogP contribution in [0.2, 0.25) is 0 Å². The number of urea groups is 1. The third kappa shape index (κ3) is 5.37. The number of nitrogens with one attached hydrogen (secondary N) is 2. The normalized spacial score (nSPS) is 11.6. The van der Waals surface area contributed by atoms with E-state index in [1.165, 1.54) is 23.5 Å². The molecular weight excluding hydrogens is 376 g/mol. The summed E-state index contributed by atoms with van der Waals surface area (Å²) in [5.74, 6) is 0. The second-order valence-corrected chi connectivity index (χ2v) is 7.21. The number of aromatic nitrogens is 1. The van der Waals surface area contributed by atoms with Crippen molar-refractivity contribution in [2.45, 2.75) is 25.9 Å². The van der Waals surface area contributed by atoms with E-state index in [4.69, 9.17) is 0 Å². The first-order valence-electron chi connectivity index (χ1n) is 8.75. The van der Waals surface area contributed by atoms with E-state index in [9.17, 15) is 14.9 Å². The third-order valence-electron chi connectivity index (χ3n) is 4.12. The van der Waals surface area contributed by atoms with Crippen LogP contribution < -0.4 is 10.6 Å². The van der Waals surface area contributed by atoms with E-state index < -0.39 is 4.92 Å². The molecule has 0 radical (unpaired) electrons. The van der Waals surface area contributed by atoms with Crippen LogP contribution in [0.3, 0.4) is 0 Å². The van der Waals surface area contributed by atoms with Gasteiger partial charge in [0, 0.05) is 29.8 Å². The van der Waals surface area contributed by atoms with Gasteiger partial charge < -0.3 is 10.6 Å². The maximum atomic E-state index is 12.4. The lowest BCUT2D eigenvalue weighted by Gasteiger charge is -2.17. The molecule has 28 heavy (non-hydrogen) atoms. The molecule has 1 heterocycles. The quantitative estimate of drug-likeness (QED) is 0.463. The standard InChI is InChI=1S/C20H20N4O3S/c1-14-13-28-19(22-14)18(11-15-7-9-17(10-8-15)24(26)27)23-20(25)21-12-16-5-3-2-4-6-16/h2-10,13,18H,11-12H2,1H3,(H2,21,23,25)/t18-/m0/s1. The van der Waals surface area contributed by atoms with Gasteiger partial charge in [0.15, 0.2) is 0 Å². The SMILES string of the molecule is Cc1csc([C@H](Cc2ccc([N+](=O)[O-])cc2)NC(=O)NCc2ccccc2)n1. The van der Waals surface area contributed by atoms with Crippen molar-refractivity contribution < 1.29 is 9.72 Å². The number of amides is 2. The predicted octanol–water partition coefficient (Wildman–Crippen LogP) is 4.14. The van der Waals surface area contributed by atoms with Gasteiger partial charge >= 0.3 is 6.03 Å². The summed E-state index contributed by atoms with van der Waals surface area (Å²) in [6.45, 7) is 2.33. The highest BCUT2D eigenvalue weighted by atomic mass is 32.1. The lowest BCUT2D eigenvalue weighted by molar-refractivity contribution is -0.384. The van der Waals surface area contributed by atoms with E-state index >= 15 is 0 Å². The maximum Gasteiger partial charge on any atom is 0.315 e. The zero-order valence-corrected chi connectivity index (χ0v) is 16.1. The second kappa shape index (κ2) is 9.09. The molecule has 7 nitrogen and oxygen atoms in total. The number of hydrogen-bond acceptors (Lipinski definition) is 5. The number of nitro groups is 1. The number of benzene rings is 2. The molecule has 0 fully saturated rings. The molecule has 3 aromatic rings. The first-order chi connectivity index (χ1) is 13.5. The largest absolute Gasteiger partial charge is 0.334 e. The number of hydrogen-bond donors (Lipinski definition) is 2. The highest BCUT2D eigenvalue weighted by molar-refractivity contribution is 7.09. The van der Waals surface area contributed by atoms with Crippen molar-refractivity contribution in [2.75, 3.05) is 0 Å². The number of carbonyl (C=O) groups is 1. The fourth-order valence-corrected chi connectivity index (χ4v) is 3.56. The zero-order chi connectivity index (χ0) is 19.9. The minimum atomic E-state index is -0.430. The number of rotatable bonds is 7. The van der Waals surface area contributed by atoms with E-state index in [0.29, 0.717) is 13.0 Å². The molecule has 0 saturated heterocycles. The molecule has 0 unspecified atom stereocenters. The minimum absolute atomic E-state index is 0.0407. The summed E-state index contributed by atoms with van der Waals surface area (Å²) in [7, 11) is 0. The Kier molecular flexibility index (Phi) is 6.33. The van der Waals surface area contributed by atoms with Crippen LogP contribution in [-0.4, -0.2) is 15.9 Å². The molecule has 0 bridgehead atoms. The predicted molar refractivity (Wildman–Crippen MR) is 108 cm³/mol. The molecule has 2 amide bonds. The Morgan fingerprint density at radius 2 is 1.86 bits per heavy atom. The molecule has 3 rings (SSSR count). The fraction of sp³-hybridized carbons (Fsp3) is 0.200. The molecule has 144 valence electrons. The van der Waals surface area contributed by atoms with E-state index in [1.54, 1.807) is 12.1 Å². The molecule has 1 aromatic heterocycles. The van der Waals surface area contributed by atoms with Crippen molar-refractivity contribution in [1.82, 2.24) is 15.6 Å². The monoisotopic (exact) mass is 396 g/mol. The zero-order valence-electron chi connectivity index (χ0n) is 15.3. The average Bonchev–Trinajstić information content (AvgIpc) is 3.13. The molecule has 0 spiro atoms. The first kappa shape index (κ1) is 19.5. The lowest BCUT2D eigenvalue weighted by Crippen LogP contribution is -2.38. The Balaban J connectivity index is 1.68. The smallest absolute Gasteiger partial charge is 0.315 e. The van der Waals surface area contributed by atoms with Crippen molar-refractivity contribution in [2.24, 2.45) is 0 Å². The molecule has 1 atom stereocenters. The highest BCUT2D eigenvalue weighted by Crippen LogP contribution is 2.23. The van der Waals surface area contributed by atoms with Crippen LogP contribution >= 0.6 is 11.3 Å². The van der Waals surface area contributed by atoms with Crippen molar-refractivity contribution in [3.8, 4) is 0 Å². The summed E-state index contributed by atoms with van der Waals surface area (Å²) in [4.78, 5) is 27.3. The van der Waals surface area contributed by atoms with E-state index in [0.717, 1.165) is 21.8 Å². The molecule has 8 heteroatoms.